The maximum Gasteiger partial charge on any atom is 0.336 e. The van der Waals surface area contributed by atoms with Crippen molar-refractivity contribution in [3.8, 4) is 0 Å². The predicted molar refractivity (Wildman–Crippen MR) is 118 cm³/mol. The molecule has 168 valence electrons. The second-order valence-corrected chi connectivity index (χ2v) is 8.62. The number of non-ortho nitro benzene ring substituents is 1. The van der Waals surface area contributed by atoms with Gasteiger partial charge in [-0.25, -0.2) is 4.79 Å². The molecule has 1 aromatic carbocycles. The standard InChI is InChI=1S/C22H28N2O6S/c1-14(2)30-22(26)21-16(4)23-15(3)12-17(21)13-20(25)29-10-5-11-31-19-8-6-18(7-9-19)24(27)28/h6-9,12,14,17,23H,5,10-11,13H2,1-4H3. The molecule has 1 unspecified atom stereocenters. The lowest BCUT2D eigenvalue weighted by atomic mass is 9.90. The summed E-state index contributed by atoms with van der Waals surface area (Å²) in [7, 11) is 0. The molecule has 0 spiro atoms. The average molecular weight is 449 g/mol. The number of thioether (sulfide) groups is 1. The Morgan fingerprint density at radius 3 is 2.52 bits per heavy atom. The first-order chi connectivity index (χ1) is 14.7. The van der Waals surface area contributed by atoms with Crippen molar-refractivity contribution in [3.63, 3.8) is 0 Å². The maximum absolute atomic E-state index is 12.5. The summed E-state index contributed by atoms with van der Waals surface area (Å²) in [6.07, 6.45) is 2.30. The van der Waals surface area contributed by atoms with Crippen molar-refractivity contribution in [2.45, 2.75) is 51.5 Å². The number of ether oxygens (including phenoxy) is 2. The molecule has 1 atom stereocenters. The van der Waals surface area contributed by atoms with Gasteiger partial charge in [-0.3, -0.25) is 14.9 Å². The van der Waals surface area contributed by atoms with E-state index in [9.17, 15) is 19.7 Å². The highest BCUT2D eigenvalue weighted by molar-refractivity contribution is 7.99. The molecule has 0 radical (unpaired) electrons. The molecule has 31 heavy (non-hydrogen) atoms. The Kier molecular flexibility index (Phi) is 9.11. The van der Waals surface area contributed by atoms with Crippen molar-refractivity contribution < 1.29 is 24.0 Å². The average Bonchev–Trinajstić information content (AvgIpc) is 2.66. The summed E-state index contributed by atoms with van der Waals surface area (Å²) in [5.41, 5.74) is 2.06. The molecule has 1 heterocycles. The third-order valence-electron chi connectivity index (χ3n) is 4.43. The second kappa shape index (κ2) is 11.5. The van der Waals surface area contributed by atoms with Crippen LogP contribution in [-0.4, -0.2) is 35.3 Å². The minimum atomic E-state index is -0.433. The highest BCUT2D eigenvalue weighted by Gasteiger charge is 2.29. The molecule has 1 aliphatic rings. The number of esters is 2. The van der Waals surface area contributed by atoms with E-state index in [4.69, 9.17) is 9.47 Å². The summed E-state index contributed by atoms with van der Waals surface area (Å²) in [6.45, 7) is 7.50. The van der Waals surface area contributed by atoms with Crippen molar-refractivity contribution in [2.24, 2.45) is 5.92 Å². The van der Waals surface area contributed by atoms with Crippen molar-refractivity contribution in [2.75, 3.05) is 12.4 Å². The summed E-state index contributed by atoms with van der Waals surface area (Å²) < 4.78 is 10.7. The van der Waals surface area contributed by atoms with Gasteiger partial charge in [0.05, 0.1) is 29.6 Å². The first-order valence-electron chi connectivity index (χ1n) is 10.1. The Morgan fingerprint density at radius 1 is 1.23 bits per heavy atom. The van der Waals surface area contributed by atoms with Crippen LogP contribution in [0.15, 0.2) is 52.2 Å². The largest absolute Gasteiger partial charge is 0.466 e. The zero-order valence-corrected chi connectivity index (χ0v) is 19.0. The van der Waals surface area contributed by atoms with E-state index in [1.54, 1.807) is 32.9 Å². The lowest BCUT2D eigenvalue weighted by Crippen LogP contribution is -2.29. The fraction of sp³-hybridized carbons (Fsp3) is 0.455. The number of hydrogen-bond acceptors (Lipinski definition) is 8. The van der Waals surface area contributed by atoms with E-state index in [1.165, 1.54) is 23.9 Å². The molecule has 0 fully saturated rings. The van der Waals surface area contributed by atoms with Crippen LogP contribution in [0.3, 0.4) is 0 Å². The molecule has 0 amide bonds. The molecule has 2 rings (SSSR count). The van der Waals surface area contributed by atoms with Gasteiger partial charge in [0, 0.05) is 40.1 Å². The summed E-state index contributed by atoms with van der Waals surface area (Å²) >= 11 is 1.54. The number of rotatable bonds is 10. The van der Waals surface area contributed by atoms with Crippen LogP contribution in [0.25, 0.3) is 0 Å². The van der Waals surface area contributed by atoms with Crippen molar-refractivity contribution in [1.82, 2.24) is 5.32 Å². The highest BCUT2D eigenvalue weighted by atomic mass is 32.2. The molecular formula is C22H28N2O6S. The number of allylic oxidation sites excluding steroid dienone is 3. The minimum absolute atomic E-state index is 0.0569. The topological polar surface area (TPSA) is 108 Å². The van der Waals surface area contributed by atoms with E-state index in [0.29, 0.717) is 23.4 Å². The first kappa shape index (κ1) is 24.5. The van der Waals surface area contributed by atoms with Gasteiger partial charge < -0.3 is 14.8 Å². The van der Waals surface area contributed by atoms with E-state index in [2.05, 4.69) is 5.32 Å². The SMILES string of the molecule is CC1=CC(CC(=O)OCCCSc2ccc([N+](=O)[O-])cc2)C(C(=O)OC(C)C)=C(C)N1. The van der Waals surface area contributed by atoms with Gasteiger partial charge in [-0.05, 0) is 46.2 Å². The Labute approximate surface area is 186 Å². The van der Waals surface area contributed by atoms with E-state index >= 15 is 0 Å². The van der Waals surface area contributed by atoms with Crippen LogP contribution in [0.5, 0.6) is 0 Å². The van der Waals surface area contributed by atoms with Crippen molar-refractivity contribution in [1.29, 1.82) is 0 Å². The van der Waals surface area contributed by atoms with E-state index in [-0.39, 0.29) is 30.8 Å². The molecule has 1 aromatic rings. The lowest BCUT2D eigenvalue weighted by Gasteiger charge is -2.25. The third kappa shape index (κ3) is 7.75. The van der Waals surface area contributed by atoms with Crippen LogP contribution in [-0.2, 0) is 19.1 Å². The number of nitro benzene ring substituents is 1. The quantitative estimate of drug-likeness (QED) is 0.185. The van der Waals surface area contributed by atoms with Gasteiger partial charge in [0.2, 0.25) is 0 Å². The summed E-state index contributed by atoms with van der Waals surface area (Å²) in [4.78, 5) is 36.0. The van der Waals surface area contributed by atoms with Crippen LogP contribution >= 0.6 is 11.8 Å². The molecule has 8 nitrogen and oxygen atoms in total. The molecule has 0 aliphatic carbocycles. The van der Waals surface area contributed by atoms with Crippen LogP contribution in [0.4, 0.5) is 5.69 Å². The number of carbonyl (C=O) groups excluding carboxylic acids is 2. The van der Waals surface area contributed by atoms with E-state index in [1.807, 2.05) is 13.0 Å². The summed E-state index contributed by atoms with van der Waals surface area (Å²) in [5, 5.41) is 13.8. The number of dihydropyridines is 1. The zero-order valence-electron chi connectivity index (χ0n) is 18.2. The van der Waals surface area contributed by atoms with Crippen molar-refractivity contribution >= 4 is 29.4 Å². The highest BCUT2D eigenvalue weighted by Crippen LogP contribution is 2.27. The van der Waals surface area contributed by atoms with Gasteiger partial charge in [-0.15, -0.1) is 11.8 Å². The number of nitrogens with one attached hydrogen (secondary N) is 1. The van der Waals surface area contributed by atoms with Gasteiger partial charge in [0.15, 0.2) is 0 Å². The Bertz CT molecular complexity index is 876. The molecule has 0 saturated carbocycles. The van der Waals surface area contributed by atoms with E-state index < -0.39 is 16.8 Å². The molecule has 0 aromatic heterocycles. The first-order valence-corrected chi connectivity index (χ1v) is 11.1. The molecule has 1 aliphatic heterocycles. The second-order valence-electron chi connectivity index (χ2n) is 7.45. The molecule has 0 saturated heterocycles. The number of hydrogen-bond donors (Lipinski definition) is 1. The maximum atomic E-state index is 12.5. The number of nitro groups is 1. The molecular weight excluding hydrogens is 420 g/mol. The predicted octanol–water partition coefficient (Wildman–Crippen LogP) is 4.36. The smallest absolute Gasteiger partial charge is 0.336 e. The number of benzene rings is 1. The summed E-state index contributed by atoms with van der Waals surface area (Å²) in [6, 6.07) is 6.34. The van der Waals surface area contributed by atoms with Crippen LogP contribution in [0.2, 0.25) is 0 Å². The monoisotopic (exact) mass is 448 g/mol. The Morgan fingerprint density at radius 2 is 1.90 bits per heavy atom. The third-order valence-corrected chi connectivity index (χ3v) is 5.53. The van der Waals surface area contributed by atoms with Crippen LogP contribution in [0, 0.1) is 16.0 Å². The fourth-order valence-electron chi connectivity index (χ4n) is 3.15. The molecule has 9 heteroatoms. The Balaban J connectivity index is 1.80. The van der Waals surface area contributed by atoms with Gasteiger partial charge >= 0.3 is 11.9 Å². The Hall–Kier alpha value is -2.81. The minimum Gasteiger partial charge on any atom is -0.466 e. The van der Waals surface area contributed by atoms with Gasteiger partial charge in [0.25, 0.3) is 5.69 Å². The lowest BCUT2D eigenvalue weighted by molar-refractivity contribution is -0.384. The van der Waals surface area contributed by atoms with Crippen molar-refractivity contribution in [3.05, 3.63) is 57.4 Å². The normalized spacial score (nSPS) is 15.9. The number of nitrogens with zero attached hydrogens (tertiary/aromatic N) is 1. The van der Waals surface area contributed by atoms with Gasteiger partial charge in [-0.2, -0.15) is 0 Å². The van der Waals surface area contributed by atoms with Gasteiger partial charge in [0.1, 0.15) is 0 Å². The van der Waals surface area contributed by atoms with E-state index in [0.717, 1.165) is 10.6 Å². The molecule has 0 bridgehead atoms. The zero-order chi connectivity index (χ0) is 23.0. The molecule has 1 N–H and O–H groups in total. The van der Waals surface area contributed by atoms with Crippen LogP contribution in [0.1, 0.15) is 40.5 Å². The fourth-order valence-corrected chi connectivity index (χ4v) is 3.97. The number of carbonyl (C=O) groups is 2. The van der Waals surface area contributed by atoms with Gasteiger partial charge in [-0.1, -0.05) is 6.08 Å². The van der Waals surface area contributed by atoms with Crippen LogP contribution < -0.4 is 5.32 Å². The summed E-state index contributed by atoms with van der Waals surface area (Å²) in [5.74, 6) is -0.489.